The number of benzene rings is 3. The van der Waals surface area contributed by atoms with Gasteiger partial charge in [-0.2, -0.15) is 0 Å². The Morgan fingerprint density at radius 2 is 1.67 bits per heavy atom. The maximum atomic E-state index is 13.8. The van der Waals surface area contributed by atoms with Gasteiger partial charge < -0.3 is 14.6 Å². The normalized spacial score (nSPS) is 11.4. The highest BCUT2D eigenvalue weighted by Gasteiger charge is 2.28. The van der Waals surface area contributed by atoms with Crippen molar-refractivity contribution in [3.8, 4) is 5.75 Å². The van der Waals surface area contributed by atoms with Crippen molar-refractivity contribution < 1.29 is 27.8 Å². The van der Waals surface area contributed by atoms with E-state index in [1.807, 2.05) is 31.2 Å². The van der Waals surface area contributed by atoms with Crippen LogP contribution in [0.2, 0.25) is 0 Å². The van der Waals surface area contributed by atoms with Gasteiger partial charge in [0, 0.05) is 24.3 Å². The van der Waals surface area contributed by atoms with Crippen LogP contribution < -0.4 is 9.04 Å². The molecule has 36 heavy (non-hydrogen) atoms. The summed E-state index contributed by atoms with van der Waals surface area (Å²) in [7, 11) is -2.49. The van der Waals surface area contributed by atoms with Crippen LogP contribution in [0.25, 0.3) is 10.8 Å². The number of anilines is 1. The number of carboxylic acids is 1. The second-order valence-corrected chi connectivity index (χ2v) is 9.98. The van der Waals surface area contributed by atoms with E-state index in [1.165, 1.54) is 28.6 Å². The van der Waals surface area contributed by atoms with Gasteiger partial charge in [0.05, 0.1) is 23.6 Å². The van der Waals surface area contributed by atoms with E-state index in [4.69, 9.17) is 9.47 Å². The summed E-state index contributed by atoms with van der Waals surface area (Å²) in [6, 6.07) is 20.0. The van der Waals surface area contributed by atoms with Crippen LogP contribution in [0.1, 0.15) is 21.5 Å². The first kappa shape index (κ1) is 25.2. The fourth-order valence-electron chi connectivity index (χ4n) is 3.82. The summed E-state index contributed by atoms with van der Waals surface area (Å²) in [5, 5.41) is 11.0. The van der Waals surface area contributed by atoms with Gasteiger partial charge in [0.15, 0.2) is 0 Å². The summed E-state index contributed by atoms with van der Waals surface area (Å²) < 4.78 is 39.6. The quantitative estimate of drug-likeness (QED) is 0.312. The molecule has 0 saturated heterocycles. The zero-order valence-electron chi connectivity index (χ0n) is 19.9. The number of aromatic nitrogens is 1. The van der Waals surface area contributed by atoms with Crippen molar-refractivity contribution in [2.24, 2.45) is 0 Å². The van der Waals surface area contributed by atoms with Gasteiger partial charge >= 0.3 is 5.97 Å². The van der Waals surface area contributed by atoms with E-state index < -0.39 is 16.0 Å². The molecule has 8 nitrogen and oxygen atoms in total. The number of rotatable bonds is 10. The van der Waals surface area contributed by atoms with Crippen LogP contribution in [0.3, 0.4) is 0 Å². The van der Waals surface area contributed by atoms with Crippen molar-refractivity contribution in [2.75, 3.05) is 24.6 Å². The van der Waals surface area contributed by atoms with E-state index in [1.54, 1.807) is 37.6 Å². The molecule has 4 aromatic rings. The number of methoxy groups -OCH3 is 1. The lowest BCUT2D eigenvalue weighted by Crippen LogP contribution is -2.32. The van der Waals surface area contributed by atoms with Gasteiger partial charge in [-0.25, -0.2) is 22.5 Å². The molecule has 0 aliphatic rings. The Morgan fingerprint density at radius 3 is 2.33 bits per heavy atom. The SMILES string of the molecule is COCCOc1ccc(CN(c2ncc3ccccc3c2C)S(=O)(=O)c2ccc(C(=O)O)cc2)cc1. The lowest BCUT2D eigenvalue weighted by atomic mass is 10.1. The lowest BCUT2D eigenvalue weighted by molar-refractivity contribution is 0.0696. The van der Waals surface area contributed by atoms with Gasteiger partial charge in [-0.3, -0.25) is 0 Å². The molecule has 1 aromatic heterocycles. The maximum Gasteiger partial charge on any atom is 0.335 e. The Kier molecular flexibility index (Phi) is 7.52. The number of sulfonamides is 1. The molecule has 0 atom stereocenters. The van der Waals surface area contributed by atoms with E-state index in [-0.39, 0.29) is 17.0 Å². The van der Waals surface area contributed by atoms with E-state index in [9.17, 15) is 18.3 Å². The summed E-state index contributed by atoms with van der Waals surface area (Å²) in [6.45, 7) is 2.73. The minimum absolute atomic E-state index is 0.00423. The smallest absolute Gasteiger partial charge is 0.335 e. The predicted octanol–water partition coefficient (Wildman–Crippen LogP) is 4.66. The first-order valence-corrected chi connectivity index (χ1v) is 12.7. The number of aryl methyl sites for hydroxylation is 1. The third-order valence-corrected chi connectivity index (χ3v) is 7.51. The van der Waals surface area contributed by atoms with Gasteiger partial charge in [-0.1, -0.05) is 36.4 Å². The molecule has 0 saturated carbocycles. The topological polar surface area (TPSA) is 106 Å². The van der Waals surface area contributed by atoms with E-state index in [2.05, 4.69) is 4.98 Å². The molecule has 0 bridgehead atoms. The van der Waals surface area contributed by atoms with Crippen LogP contribution >= 0.6 is 0 Å². The molecule has 4 rings (SSSR count). The summed E-state index contributed by atoms with van der Waals surface area (Å²) >= 11 is 0. The number of carboxylic acid groups (broad SMARTS) is 1. The minimum atomic E-state index is -4.08. The van der Waals surface area contributed by atoms with E-state index in [0.717, 1.165) is 21.9 Å². The molecule has 9 heteroatoms. The van der Waals surface area contributed by atoms with Crippen molar-refractivity contribution in [3.63, 3.8) is 0 Å². The van der Waals surface area contributed by atoms with Gasteiger partial charge in [0.2, 0.25) is 0 Å². The van der Waals surface area contributed by atoms with Crippen LogP contribution in [0.5, 0.6) is 5.75 Å². The highest BCUT2D eigenvalue weighted by molar-refractivity contribution is 7.92. The van der Waals surface area contributed by atoms with Gasteiger partial charge in [0.25, 0.3) is 10.0 Å². The van der Waals surface area contributed by atoms with E-state index in [0.29, 0.717) is 24.8 Å². The molecule has 0 unspecified atom stereocenters. The number of aromatic carboxylic acids is 1. The van der Waals surface area contributed by atoms with Crippen LogP contribution in [0, 0.1) is 6.92 Å². The summed E-state index contributed by atoms with van der Waals surface area (Å²) in [6.07, 6.45) is 1.65. The number of ether oxygens (including phenoxy) is 2. The van der Waals surface area contributed by atoms with Crippen molar-refractivity contribution in [2.45, 2.75) is 18.4 Å². The molecule has 0 aliphatic carbocycles. The zero-order valence-corrected chi connectivity index (χ0v) is 20.7. The zero-order chi connectivity index (χ0) is 25.7. The molecular formula is C27H26N2O6S. The predicted molar refractivity (Wildman–Crippen MR) is 137 cm³/mol. The lowest BCUT2D eigenvalue weighted by Gasteiger charge is -2.26. The second-order valence-electron chi connectivity index (χ2n) is 8.12. The highest BCUT2D eigenvalue weighted by atomic mass is 32.2. The highest BCUT2D eigenvalue weighted by Crippen LogP contribution is 2.31. The Labute approximate surface area is 209 Å². The standard InChI is InChI=1S/C27H26N2O6S/c1-19-25-6-4-3-5-22(25)17-28-26(19)29(18-20-7-11-23(12-8-20)35-16-15-34-2)36(32,33)24-13-9-21(10-14-24)27(30)31/h3-14,17H,15-16,18H2,1-2H3,(H,30,31). The summed E-state index contributed by atoms with van der Waals surface area (Å²) in [5.74, 6) is -0.179. The maximum absolute atomic E-state index is 13.8. The van der Waals surface area contributed by atoms with Crippen molar-refractivity contribution in [1.29, 1.82) is 0 Å². The molecule has 0 amide bonds. The third-order valence-electron chi connectivity index (χ3n) is 5.76. The molecular weight excluding hydrogens is 480 g/mol. The van der Waals surface area contributed by atoms with Gasteiger partial charge in [-0.15, -0.1) is 0 Å². The van der Waals surface area contributed by atoms with Crippen molar-refractivity contribution in [1.82, 2.24) is 4.98 Å². The summed E-state index contributed by atoms with van der Waals surface area (Å²) in [4.78, 5) is 15.7. The van der Waals surface area contributed by atoms with Crippen LogP contribution in [0.4, 0.5) is 5.82 Å². The fraction of sp³-hybridized carbons (Fsp3) is 0.185. The number of hydrogen-bond donors (Lipinski definition) is 1. The third kappa shape index (κ3) is 5.32. The minimum Gasteiger partial charge on any atom is -0.491 e. The average molecular weight is 507 g/mol. The molecule has 1 N–H and O–H groups in total. The molecule has 1 heterocycles. The van der Waals surface area contributed by atoms with Crippen LogP contribution in [-0.2, 0) is 21.3 Å². The molecule has 3 aromatic carbocycles. The first-order chi connectivity index (χ1) is 17.3. The van der Waals surface area contributed by atoms with Crippen molar-refractivity contribution >= 4 is 32.6 Å². The monoisotopic (exact) mass is 506 g/mol. The van der Waals surface area contributed by atoms with E-state index >= 15 is 0 Å². The number of carbonyl (C=O) groups is 1. The number of nitrogens with zero attached hydrogens (tertiary/aromatic N) is 2. The van der Waals surface area contributed by atoms with Crippen LogP contribution in [0.15, 0.2) is 83.9 Å². The molecule has 0 fully saturated rings. The van der Waals surface area contributed by atoms with Crippen molar-refractivity contribution in [3.05, 3.63) is 95.7 Å². The van der Waals surface area contributed by atoms with Gasteiger partial charge in [-0.05, 0) is 54.3 Å². The average Bonchev–Trinajstić information content (AvgIpc) is 2.89. The number of fused-ring (bicyclic) bond motifs is 1. The second kappa shape index (κ2) is 10.8. The molecule has 0 radical (unpaired) electrons. The number of pyridine rings is 1. The fourth-order valence-corrected chi connectivity index (χ4v) is 5.29. The Bertz CT molecular complexity index is 1470. The van der Waals surface area contributed by atoms with Gasteiger partial charge in [0.1, 0.15) is 18.2 Å². The summed E-state index contributed by atoms with van der Waals surface area (Å²) in [5.41, 5.74) is 1.46. The Balaban J connectivity index is 1.75. The molecule has 0 aliphatic heterocycles. The number of hydrogen-bond acceptors (Lipinski definition) is 6. The van der Waals surface area contributed by atoms with Crippen LogP contribution in [-0.4, -0.2) is 44.8 Å². The first-order valence-electron chi connectivity index (χ1n) is 11.2. The molecule has 0 spiro atoms. The Morgan fingerprint density at radius 1 is 0.972 bits per heavy atom. The Hall–Kier alpha value is -3.95. The molecule has 186 valence electrons. The largest absolute Gasteiger partial charge is 0.491 e.